The number of aliphatic hydroxyl groups is 1. The van der Waals surface area contributed by atoms with E-state index in [0.29, 0.717) is 29.5 Å². The van der Waals surface area contributed by atoms with E-state index in [1.807, 2.05) is 0 Å². The number of rotatable bonds is 2. The summed E-state index contributed by atoms with van der Waals surface area (Å²) in [4.78, 5) is 23.3. The van der Waals surface area contributed by atoms with Gasteiger partial charge in [-0.2, -0.15) is 0 Å². The third-order valence-electron chi connectivity index (χ3n) is 8.71. The van der Waals surface area contributed by atoms with Crippen LogP contribution >= 0.6 is 0 Å². The molecule has 134 valence electrons. The van der Waals surface area contributed by atoms with E-state index in [1.165, 1.54) is 12.8 Å². The molecule has 24 heavy (non-hydrogen) atoms. The smallest absolute Gasteiger partial charge is 0.207 e. The van der Waals surface area contributed by atoms with Crippen molar-refractivity contribution in [2.45, 2.75) is 77.4 Å². The molecule has 4 aliphatic rings. The minimum absolute atomic E-state index is 0.0702. The second kappa shape index (κ2) is 5.55. The van der Waals surface area contributed by atoms with Crippen LogP contribution < -0.4 is 5.32 Å². The predicted molar refractivity (Wildman–Crippen MR) is 91.1 cm³/mol. The van der Waals surface area contributed by atoms with Crippen LogP contribution in [0.25, 0.3) is 0 Å². The Balaban J connectivity index is 1.60. The fourth-order valence-corrected chi connectivity index (χ4v) is 7.33. The molecular weight excluding hydrogens is 302 g/mol. The molecular formula is C20H31NO3. The highest BCUT2D eigenvalue weighted by Crippen LogP contribution is 2.65. The van der Waals surface area contributed by atoms with E-state index >= 15 is 0 Å². The van der Waals surface area contributed by atoms with Crippen molar-refractivity contribution in [3.05, 3.63) is 0 Å². The molecule has 8 atom stereocenters. The summed E-state index contributed by atoms with van der Waals surface area (Å²) >= 11 is 0. The molecule has 0 saturated heterocycles. The van der Waals surface area contributed by atoms with Gasteiger partial charge in [0.2, 0.25) is 6.41 Å². The number of Topliss-reactive ketones (excluding diaryl/α,β-unsaturated/α-hetero) is 1. The van der Waals surface area contributed by atoms with E-state index in [2.05, 4.69) is 19.2 Å². The van der Waals surface area contributed by atoms with Crippen LogP contribution in [0.1, 0.15) is 65.2 Å². The lowest BCUT2D eigenvalue weighted by atomic mass is 9.45. The van der Waals surface area contributed by atoms with E-state index < -0.39 is 6.10 Å². The fraction of sp³-hybridized carbons (Fsp3) is 0.900. The van der Waals surface area contributed by atoms with Crippen LogP contribution in [0.15, 0.2) is 0 Å². The first kappa shape index (κ1) is 16.6. The van der Waals surface area contributed by atoms with Crippen molar-refractivity contribution in [1.82, 2.24) is 5.32 Å². The summed E-state index contributed by atoms with van der Waals surface area (Å²) in [6.45, 7) is 4.60. The Kier molecular flexibility index (Phi) is 3.83. The third-order valence-corrected chi connectivity index (χ3v) is 8.71. The number of hydrogen-bond acceptors (Lipinski definition) is 3. The maximum absolute atomic E-state index is 12.5. The lowest BCUT2D eigenvalue weighted by Crippen LogP contribution is -2.58. The van der Waals surface area contributed by atoms with E-state index in [4.69, 9.17) is 0 Å². The molecule has 4 saturated carbocycles. The predicted octanol–water partition coefficient (Wildman–Crippen LogP) is 2.68. The molecule has 4 nitrogen and oxygen atoms in total. The summed E-state index contributed by atoms with van der Waals surface area (Å²) in [5.41, 5.74) is 0.0929. The largest absolute Gasteiger partial charge is 0.391 e. The molecule has 4 aliphatic carbocycles. The molecule has 3 unspecified atom stereocenters. The zero-order chi connectivity index (χ0) is 17.1. The molecule has 0 aromatic carbocycles. The summed E-state index contributed by atoms with van der Waals surface area (Å²) in [7, 11) is 0. The monoisotopic (exact) mass is 333 g/mol. The quantitative estimate of drug-likeness (QED) is 0.764. The molecule has 0 aromatic rings. The van der Waals surface area contributed by atoms with Gasteiger partial charge in [0.1, 0.15) is 5.78 Å². The molecule has 0 aliphatic heterocycles. The van der Waals surface area contributed by atoms with E-state index in [-0.39, 0.29) is 16.9 Å². The molecule has 4 fully saturated rings. The van der Waals surface area contributed by atoms with E-state index in [0.717, 1.165) is 44.9 Å². The Bertz CT molecular complexity index is 549. The topological polar surface area (TPSA) is 66.4 Å². The molecule has 0 bridgehead atoms. The molecule has 4 heteroatoms. The Morgan fingerprint density at radius 1 is 1.17 bits per heavy atom. The summed E-state index contributed by atoms with van der Waals surface area (Å²) in [6, 6.07) is -0.0842. The van der Waals surface area contributed by atoms with Crippen molar-refractivity contribution < 1.29 is 14.7 Å². The number of amides is 1. The molecule has 0 radical (unpaired) electrons. The first-order chi connectivity index (χ1) is 11.4. The Morgan fingerprint density at radius 2 is 1.96 bits per heavy atom. The van der Waals surface area contributed by atoms with Crippen LogP contribution in [0, 0.1) is 34.5 Å². The summed E-state index contributed by atoms with van der Waals surface area (Å²) in [5, 5.41) is 13.4. The Labute approximate surface area is 144 Å². The second-order valence-electron chi connectivity index (χ2n) is 9.47. The van der Waals surface area contributed by atoms with Gasteiger partial charge < -0.3 is 10.4 Å². The van der Waals surface area contributed by atoms with Gasteiger partial charge in [-0.05, 0) is 74.0 Å². The third kappa shape index (κ3) is 2.14. The normalized spacial score (nSPS) is 53.7. The molecule has 4 rings (SSSR count). The first-order valence-electron chi connectivity index (χ1n) is 9.81. The first-order valence-corrected chi connectivity index (χ1v) is 9.81. The minimum atomic E-state index is -0.436. The average molecular weight is 333 g/mol. The van der Waals surface area contributed by atoms with Crippen LogP contribution in [0.2, 0.25) is 0 Å². The van der Waals surface area contributed by atoms with Crippen LogP contribution in [0.4, 0.5) is 0 Å². The van der Waals surface area contributed by atoms with Crippen molar-refractivity contribution in [1.29, 1.82) is 0 Å². The highest BCUT2D eigenvalue weighted by molar-refractivity contribution is 5.87. The van der Waals surface area contributed by atoms with E-state index in [1.54, 1.807) is 0 Å². The minimum Gasteiger partial charge on any atom is -0.391 e. The zero-order valence-electron chi connectivity index (χ0n) is 15.0. The van der Waals surface area contributed by atoms with Crippen LogP contribution in [0.5, 0.6) is 0 Å². The summed E-state index contributed by atoms with van der Waals surface area (Å²) in [6.07, 6.45) is 8.42. The maximum Gasteiger partial charge on any atom is 0.207 e. The van der Waals surface area contributed by atoms with Crippen molar-refractivity contribution in [3.63, 3.8) is 0 Å². The number of hydrogen-bond donors (Lipinski definition) is 2. The average Bonchev–Trinajstić information content (AvgIpc) is 2.84. The molecule has 1 amide bonds. The van der Waals surface area contributed by atoms with Gasteiger partial charge in [0.15, 0.2) is 0 Å². The molecule has 0 aromatic heterocycles. The standard InChI is InChI=1S/C20H31NO3/c1-19-8-7-15-13(14(19)5-6-18(19)24)4-3-12-9-16(21-11-22)17(23)10-20(12,15)2/h11-17,23H,3-10H2,1-2H3,(H,21,22)/t12?,13-,14-,15+,16?,17?,19-,20-/m0/s1. The van der Waals surface area contributed by atoms with Crippen molar-refractivity contribution in [2.75, 3.05) is 0 Å². The lowest BCUT2D eigenvalue weighted by molar-refractivity contribution is -0.147. The number of nitrogens with one attached hydrogen (secondary N) is 1. The molecule has 2 N–H and O–H groups in total. The van der Waals surface area contributed by atoms with Gasteiger partial charge in [-0.15, -0.1) is 0 Å². The number of ketones is 1. The van der Waals surface area contributed by atoms with Gasteiger partial charge in [0, 0.05) is 11.8 Å². The Morgan fingerprint density at radius 3 is 2.71 bits per heavy atom. The highest BCUT2D eigenvalue weighted by Gasteiger charge is 2.61. The van der Waals surface area contributed by atoms with Gasteiger partial charge in [0.25, 0.3) is 0 Å². The summed E-state index contributed by atoms with van der Waals surface area (Å²) < 4.78 is 0. The van der Waals surface area contributed by atoms with Gasteiger partial charge >= 0.3 is 0 Å². The van der Waals surface area contributed by atoms with Crippen molar-refractivity contribution in [2.24, 2.45) is 34.5 Å². The van der Waals surface area contributed by atoms with Crippen molar-refractivity contribution >= 4 is 12.2 Å². The highest BCUT2D eigenvalue weighted by atomic mass is 16.3. The number of carbonyl (C=O) groups excluding carboxylic acids is 2. The number of aliphatic hydroxyl groups excluding tert-OH is 1. The SMILES string of the molecule is C[C@]12CC(O)C(NC=O)CC1CC[C@@H]1[C@H]2CC[C@]2(C)C(=O)CC[C@@H]12. The van der Waals surface area contributed by atoms with Crippen LogP contribution in [-0.2, 0) is 9.59 Å². The van der Waals surface area contributed by atoms with Gasteiger partial charge in [-0.1, -0.05) is 13.8 Å². The van der Waals surface area contributed by atoms with Gasteiger partial charge in [-0.25, -0.2) is 0 Å². The maximum atomic E-state index is 12.5. The molecule has 0 spiro atoms. The zero-order valence-corrected chi connectivity index (χ0v) is 15.0. The van der Waals surface area contributed by atoms with Crippen LogP contribution in [-0.4, -0.2) is 29.4 Å². The Hall–Kier alpha value is -0.900. The number of fused-ring (bicyclic) bond motifs is 5. The second-order valence-corrected chi connectivity index (χ2v) is 9.47. The molecule has 0 heterocycles. The van der Waals surface area contributed by atoms with Crippen LogP contribution in [0.3, 0.4) is 0 Å². The lowest BCUT2D eigenvalue weighted by Gasteiger charge is -2.61. The van der Waals surface area contributed by atoms with Gasteiger partial charge in [0.05, 0.1) is 12.1 Å². The van der Waals surface area contributed by atoms with Crippen molar-refractivity contribution in [3.8, 4) is 0 Å². The number of carbonyl (C=O) groups is 2. The fourth-order valence-electron chi connectivity index (χ4n) is 7.33. The summed E-state index contributed by atoms with van der Waals surface area (Å²) in [5.74, 6) is 2.92. The van der Waals surface area contributed by atoms with Gasteiger partial charge in [-0.3, -0.25) is 9.59 Å². The van der Waals surface area contributed by atoms with E-state index in [9.17, 15) is 14.7 Å².